The van der Waals surface area contributed by atoms with E-state index < -0.39 is 5.69 Å². The molecule has 0 atom stereocenters. The minimum Gasteiger partial charge on any atom is -0.492 e. The fraction of sp³-hybridized carbons (Fsp3) is 0.250. The molecule has 1 aromatic heterocycles. The van der Waals surface area contributed by atoms with Gasteiger partial charge in [-0.25, -0.2) is 10.6 Å². The SMILES string of the molecule is CN(N)c1[nH]c(=O)[nH]c1O. The first-order valence-electron chi connectivity index (χ1n) is 2.61. The molecule has 0 aromatic carbocycles. The van der Waals surface area contributed by atoms with E-state index in [0.29, 0.717) is 0 Å². The van der Waals surface area contributed by atoms with E-state index in [2.05, 4.69) is 9.97 Å². The van der Waals surface area contributed by atoms with Crippen molar-refractivity contribution in [3.63, 3.8) is 0 Å². The van der Waals surface area contributed by atoms with Gasteiger partial charge in [-0.2, -0.15) is 0 Å². The third kappa shape index (κ3) is 0.960. The third-order valence-corrected chi connectivity index (χ3v) is 1.04. The molecular weight excluding hydrogens is 136 g/mol. The summed E-state index contributed by atoms with van der Waals surface area (Å²) in [5.41, 5.74) is -0.482. The molecule has 5 N–H and O–H groups in total. The Kier molecular flexibility index (Phi) is 1.38. The summed E-state index contributed by atoms with van der Waals surface area (Å²) in [6, 6.07) is 0. The van der Waals surface area contributed by atoms with Crippen molar-refractivity contribution < 1.29 is 5.11 Å². The largest absolute Gasteiger partial charge is 0.492 e. The molecule has 6 heteroatoms. The predicted molar refractivity (Wildman–Crippen MR) is 35.7 cm³/mol. The summed E-state index contributed by atoms with van der Waals surface area (Å²) >= 11 is 0. The van der Waals surface area contributed by atoms with Gasteiger partial charge in [0.2, 0.25) is 5.88 Å². The van der Waals surface area contributed by atoms with Crippen LogP contribution in [0.5, 0.6) is 5.88 Å². The van der Waals surface area contributed by atoms with Gasteiger partial charge in [0, 0.05) is 7.05 Å². The van der Waals surface area contributed by atoms with E-state index in [9.17, 15) is 4.79 Å². The highest BCUT2D eigenvalue weighted by Gasteiger charge is 2.05. The summed E-state index contributed by atoms with van der Waals surface area (Å²) in [6.45, 7) is 0. The van der Waals surface area contributed by atoms with Crippen LogP contribution in [0.4, 0.5) is 5.82 Å². The van der Waals surface area contributed by atoms with Crippen molar-refractivity contribution in [2.75, 3.05) is 12.1 Å². The first-order chi connectivity index (χ1) is 4.61. The van der Waals surface area contributed by atoms with Crippen molar-refractivity contribution in [1.29, 1.82) is 0 Å². The lowest BCUT2D eigenvalue weighted by Crippen LogP contribution is -2.25. The molecule has 0 aliphatic heterocycles. The minimum atomic E-state index is -0.482. The fourth-order valence-corrected chi connectivity index (χ4v) is 0.620. The minimum absolute atomic E-state index is 0.171. The van der Waals surface area contributed by atoms with Gasteiger partial charge < -0.3 is 5.11 Å². The molecule has 0 spiro atoms. The summed E-state index contributed by atoms with van der Waals surface area (Å²) in [5, 5.41) is 10.00. The number of hydrogen-bond donors (Lipinski definition) is 4. The van der Waals surface area contributed by atoms with E-state index in [1.807, 2.05) is 0 Å². The second-order valence-electron chi connectivity index (χ2n) is 1.89. The molecule has 0 amide bonds. The molecule has 1 heterocycles. The van der Waals surface area contributed by atoms with Gasteiger partial charge in [-0.3, -0.25) is 15.0 Å². The van der Waals surface area contributed by atoms with E-state index >= 15 is 0 Å². The Balaban J connectivity index is 3.15. The normalized spacial score (nSPS) is 9.80. The Bertz CT molecular complexity index is 273. The number of anilines is 1. The zero-order valence-electron chi connectivity index (χ0n) is 5.38. The number of imidazole rings is 1. The Hall–Kier alpha value is -1.43. The van der Waals surface area contributed by atoms with Crippen LogP contribution in [-0.2, 0) is 0 Å². The van der Waals surface area contributed by atoms with Crippen LogP contribution in [0.1, 0.15) is 0 Å². The molecule has 0 aliphatic rings. The van der Waals surface area contributed by atoms with E-state index in [4.69, 9.17) is 10.9 Å². The van der Waals surface area contributed by atoms with Crippen molar-refractivity contribution in [2.24, 2.45) is 5.84 Å². The molecule has 56 valence electrons. The van der Waals surface area contributed by atoms with Crippen LogP contribution in [-0.4, -0.2) is 22.1 Å². The maximum atomic E-state index is 10.5. The average molecular weight is 144 g/mol. The van der Waals surface area contributed by atoms with Crippen LogP contribution in [0.25, 0.3) is 0 Å². The number of aromatic nitrogens is 2. The van der Waals surface area contributed by atoms with Gasteiger partial charge in [0.15, 0.2) is 5.82 Å². The third-order valence-electron chi connectivity index (χ3n) is 1.04. The van der Waals surface area contributed by atoms with Gasteiger partial charge in [-0.05, 0) is 0 Å². The van der Waals surface area contributed by atoms with Gasteiger partial charge in [0.05, 0.1) is 0 Å². The number of aromatic amines is 2. The summed E-state index contributed by atoms with van der Waals surface area (Å²) in [7, 11) is 1.50. The topological polar surface area (TPSA) is 98.1 Å². The first kappa shape index (κ1) is 6.69. The zero-order valence-corrected chi connectivity index (χ0v) is 5.38. The van der Waals surface area contributed by atoms with Gasteiger partial charge in [-0.15, -0.1) is 0 Å². The molecule has 0 unspecified atom stereocenters. The number of nitrogens with one attached hydrogen (secondary N) is 2. The monoisotopic (exact) mass is 144 g/mol. The molecule has 0 fully saturated rings. The molecule has 10 heavy (non-hydrogen) atoms. The Morgan fingerprint density at radius 2 is 2.20 bits per heavy atom. The zero-order chi connectivity index (χ0) is 7.72. The van der Waals surface area contributed by atoms with E-state index in [1.54, 1.807) is 0 Å². The number of H-pyrrole nitrogens is 2. The highest BCUT2D eigenvalue weighted by atomic mass is 16.3. The maximum Gasteiger partial charge on any atom is 0.327 e. The number of hydrogen-bond acceptors (Lipinski definition) is 4. The highest BCUT2D eigenvalue weighted by Crippen LogP contribution is 2.14. The first-order valence-corrected chi connectivity index (χ1v) is 2.61. The van der Waals surface area contributed by atoms with E-state index in [0.717, 1.165) is 5.01 Å². The molecular formula is C4H8N4O2. The number of hydrazine groups is 1. The van der Waals surface area contributed by atoms with Crippen molar-refractivity contribution in [1.82, 2.24) is 9.97 Å². The lowest BCUT2D eigenvalue weighted by atomic mass is 10.7. The summed E-state index contributed by atoms with van der Waals surface area (Å²) in [4.78, 5) is 14.9. The Labute approximate surface area is 56.3 Å². The van der Waals surface area contributed by atoms with Gasteiger partial charge >= 0.3 is 5.69 Å². The van der Waals surface area contributed by atoms with Crippen LogP contribution in [0, 0.1) is 0 Å². The maximum absolute atomic E-state index is 10.5. The van der Waals surface area contributed by atoms with Crippen LogP contribution in [0.2, 0.25) is 0 Å². The lowest BCUT2D eigenvalue weighted by molar-refractivity contribution is 0.455. The number of nitrogens with two attached hydrogens (primary N) is 1. The van der Waals surface area contributed by atoms with E-state index in [1.165, 1.54) is 7.05 Å². The predicted octanol–water partition coefficient (Wildman–Crippen LogP) is -1.28. The summed E-state index contributed by atoms with van der Waals surface area (Å²) in [6.07, 6.45) is 0. The van der Waals surface area contributed by atoms with Gasteiger partial charge in [0.1, 0.15) is 0 Å². The summed E-state index contributed by atoms with van der Waals surface area (Å²) in [5.74, 6) is 5.13. The molecule has 6 nitrogen and oxygen atoms in total. The Morgan fingerprint density at radius 3 is 2.40 bits per heavy atom. The van der Waals surface area contributed by atoms with Crippen LogP contribution >= 0.6 is 0 Å². The number of rotatable bonds is 1. The summed E-state index contributed by atoms with van der Waals surface area (Å²) < 4.78 is 0. The van der Waals surface area contributed by atoms with Crippen LogP contribution in [0.15, 0.2) is 4.79 Å². The molecule has 1 rings (SSSR count). The fourth-order valence-electron chi connectivity index (χ4n) is 0.620. The standard InChI is InChI=1S/C4H8N4O2/c1-8(5)2-3(9)7-4(10)6-2/h9H,5H2,1H3,(H2,6,7,10). The highest BCUT2D eigenvalue weighted by molar-refractivity contribution is 5.44. The molecule has 0 saturated carbocycles. The number of aromatic hydroxyl groups is 1. The molecule has 0 radical (unpaired) electrons. The molecule has 0 aliphatic carbocycles. The number of nitrogens with zero attached hydrogens (tertiary/aromatic N) is 1. The van der Waals surface area contributed by atoms with Crippen molar-refractivity contribution >= 4 is 5.82 Å². The van der Waals surface area contributed by atoms with Crippen molar-refractivity contribution in [2.45, 2.75) is 0 Å². The van der Waals surface area contributed by atoms with Crippen LogP contribution < -0.4 is 16.5 Å². The second-order valence-corrected chi connectivity index (χ2v) is 1.89. The van der Waals surface area contributed by atoms with E-state index in [-0.39, 0.29) is 11.7 Å². The Morgan fingerprint density at radius 1 is 1.60 bits per heavy atom. The average Bonchev–Trinajstić information content (AvgIpc) is 2.10. The van der Waals surface area contributed by atoms with Gasteiger partial charge in [-0.1, -0.05) is 0 Å². The van der Waals surface area contributed by atoms with Crippen LogP contribution in [0.3, 0.4) is 0 Å². The lowest BCUT2D eigenvalue weighted by Gasteiger charge is -2.06. The molecule has 0 saturated heterocycles. The van der Waals surface area contributed by atoms with Crippen molar-refractivity contribution in [3.05, 3.63) is 10.5 Å². The van der Waals surface area contributed by atoms with Crippen molar-refractivity contribution in [3.8, 4) is 5.88 Å². The quantitative estimate of drug-likeness (QED) is 0.291. The van der Waals surface area contributed by atoms with Gasteiger partial charge in [0.25, 0.3) is 0 Å². The molecule has 1 aromatic rings. The molecule has 0 bridgehead atoms. The smallest absolute Gasteiger partial charge is 0.327 e. The second kappa shape index (κ2) is 2.07.